The van der Waals surface area contributed by atoms with Crippen LogP contribution in [0, 0.1) is 5.92 Å². The third kappa shape index (κ3) is 2.88. The van der Waals surface area contributed by atoms with Crippen LogP contribution in [-0.4, -0.2) is 42.2 Å². The van der Waals surface area contributed by atoms with Gasteiger partial charge in [-0.3, -0.25) is 4.79 Å². The SMILES string of the molecule is CCC1(C(=O)N2CCC(C(F)(F)F)CC2)CCCN1. The molecule has 1 amide bonds. The molecular weight excluding hydrogens is 257 g/mol. The summed E-state index contributed by atoms with van der Waals surface area (Å²) in [5.74, 6) is -1.25. The summed E-state index contributed by atoms with van der Waals surface area (Å²) in [7, 11) is 0. The summed E-state index contributed by atoms with van der Waals surface area (Å²) in [6.07, 6.45) is -1.60. The molecule has 0 spiro atoms. The minimum absolute atomic E-state index is 0.00637. The van der Waals surface area contributed by atoms with Crippen LogP contribution in [0.15, 0.2) is 0 Å². The highest BCUT2D eigenvalue weighted by molar-refractivity contribution is 5.86. The Hall–Kier alpha value is -0.780. The van der Waals surface area contributed by atoms with E-state index in [1.807, 2.05) is 6.92 Å². The summed E-state index contributed by atoms with van der Waals surface area (Å²) in [6, 6.07) is 0. The van der Waals surface area contributed by atoms with E-state index in [0.29, 0.717) is 6.42 Å². The highest BCUT2D eigenvalue weighted by Crippen LogP contribution is 2.35. The Kier molecular flexibility index (Phi) is 4.08. The Morgan fingerprint density at radius 3 is 2.42 bits per heavy atom. The number of nitrogens with one attached hydrogen (secondary N) is 1. The van der Waals surface area contributed by atoms with E-state index >= 15 is 0 Å². The molecule has 3 nitrogen and oxygen atoms in total. The number of carbonyl (C=O) groups excluding carboxylic acids is 1. The van der Waals surface area contributed by atoms with Gasteiger partial charge in [-0.25, -0.2) is 0 Å². The maximum absolute atomic E-state index is 12.6. The summed E-state index contributed by atoms with van der Waals surface area (Å²) in [5, 5.41) is 3.24. The fraction of sp³-hybridized carbons (Fsp3) is 0.923. The van der Waals surface area contributed by atoms with Crippen LogP contribution in [0.5, 0.6) is 0 Å². The first-order valence-electron chi connectivity index (χ1n) is 7.00. The van der Waals surface area contributed by atoms with Gasteiger partial charge in [-0.2, -0.15) is 13.2 Å². The number of likely N-dealkylation sites (tertiary alicyclic amines) is 1. The first kappa shape index (κ1) is 14.6. The van der Waals surface area contributed by atoms with E-state index in [9.17, 15) is 18.0 Å². The van der Waals surface area contributed by atoms with Crippen LogP contribution in [0.3, 0.4) is 0 Å². The van der Waals surface area contributed by atoms with E-state index in [0.717, 1.165) is 19.4 Å². The quantitative estimate of drug-likeness (QED) is 0.840. The molecule has 19 heavy (non-hydrogen) atoms. The zero-order valence-electron chi connectivity index (χ0n) is 11.2. The second-order valence-corrected chi connectivity index (χ2v) is 5.57. The number of rotatable bonds is 2. The average Bonchev–Trinajstić information content (AvgIpc) is 2.87. The van der Waals surface area contributed by atoms with E-state index in [-0.39, 0.29) is 31.8 Å². The number of hydrogen-bond acceptors (Lipinski definition) is 2. The fourth-order valence-electron chi connectivity index (χ4n) is 3.15. The lowest BCUT2D eigenvalue weighted by atomic mass is 9.89. The highest BCUT2D eigenvalue weighted by Gasteiger charge is 2.46. The second kappa shape index (κ2) is 5.31. The van der Waals surface area contributed by atoms with Crippen molar-refractivity contribution in [1.29, 1.82) is 0 Å². The second-order valence-electron chi connectivity index (χ2n) is 5.57. The zero-order valence-corrected chi connectivity index (χ0v) is 11.2. The van der Waals surface area contributed by atoms with Crippen LogP contribution in [0.4, 0.5) is 13.2 Å². The molecule has 1 atom stereocenters. The third-order valence-corrected chi connectivity index (χ3v) is 4.50. The Morgan fingerprint density at radius 2 is 2.00 bits per heavy atom. The average molecular weight is 278 g/mol. The summed E-state index contributed by atoms with van der Waals surface area (Å²) >= 11 is 0. The van der Waals surface area contributed by atoms with E-state index in [4.69, 9.17) is 0 Å². The number of nitrogens with zero attached hydrogens (tertiary/aromatic N) is 1. The molecule has 2 aliphatic heterocycles. The lowest BCUT2D eigenvalue weighted by Gasteiger charge is -2.38. The van der Waals surface area contributed by atoms with E-state index in [1.165, 1.54) is 0 Å². The van der Waals surface area contributed by atoms with Crippen molar-refractivity contribution in [3.8, 4) is 0 Å². The van der Waals surface area contributed by atoms with Gasteiger partial charge in [0.1, 0.15) is 0 Å². The van der Waals surface area contributed by atoms with Crippen LogP contribution in [0.25, 0.3) is 0 Å². The van der Waals surface area contributed by atoms with Gasteiger partial charge < -0.3 is 10.2 Å². The van der Waals surface area contributed by atoms with Gasteiger partial charge >= 0.3 is 6.18 Å². The van der Waals surface area contributed by atoms with Crippen molar-refractivity contribution >= 4 is 5.91 Å². The fourth-order valence-corrected chi connectivity index (χ4v) is 3.15. The number of amides is 1. The van der Waals surface area contributed by atoms with Crippen molar-refractivity contribution in [1.82, 2.24) is 10.2 Å². The van der Waals surface area contributed by atoms with Crippen LogP contribution in [0.2, 0.25) is 0 Å². The van der Waals surface area contributed by atoms with Gasteiger partial charge in [0.15, 0.2) is 0 Å². The maximum Gasteiger partial charge on any atom is 0.391 e. The van der Waals surface area contributed by atoms with E-state index in [2.05, 4.69) is 5.32 Å². The maximum atomic E-state index is 12.6. The molecule has 0 aromatic carbocycles. The molecule has 2 saturated heterocycles. The molecule has 2 fully saturated rings. The number of halogens is 3. The molecule has 2 rings (SSSR count). The first-order chi connectivity index (χ1) is 8.89. The molecule has 2 aliphatic rings. The monoisotopic (exact) mass is 278 g/mol. The van der Waals surface area contributed by atoms with Crippen LogP contribution >= 0.6 is 0 Å². The van der Waals surface area contributed by atoms with E-state index < -0.39 is 17.6 Å². The van der Waals surface area contributed by atoms with Crippen molar-refractivity contribution in [2.24, 2.45) is 5.92 Å². The lowest BCUT2D eigenvalue weighted by Crippen LogP contribution is -2.56. The first-order valence-corrected chi connectivity index (χ1v) is 7.00. The molecule has 0 aromatic rings. The summed E-state index contributed by atoms with van der Waals surface area (Å²) < 4.78 is 37.8. The predicted octanol–water partition coefficient (Wildman–Crippen LogP) is 2.32. The smallest absolute Gasteiger partial charge is 0.341 e. The molecule has 1 N–H and O–H groups in total. The molecule has 1 unspecified atom stereocenters. The largest absolute Gasteiger partial charge is 0.391 e. The number of piperidine rings is 1. The molecule has 0 aliphatic carbocycles. The van der Waals surface area contributed by atoms with E-state index in [1.54, 1.807) is 4.90 Å². The van der Waals surface area contributed by atoms with Gasteiger partial charge in [-0.05, 0) is 38.6 Å². The van der Waals surface area contributed by atoms with Gasteiger partial charge in [-0.1, -0.05) is 6.92 Å². The number of hydrogen-bond donors (Lipinski definition) is 1. The minimum atomic E-state index is -4.12. The van der Waals surface area contributed by atoms with Crippen molar-refractivity contribution < 1.29 is 18.0 Å². The molecule has 110 valence electrons. The van der Waals surface area contributed by atoms with Gasteiger partial charge in [0.2, 0.25) is 5.91 Å². The van der Waals surface area contributed by atoms with Crippen molar-refractivity contribution in [3.05, 3.63) is 0 Å². The molecule has 0 aromatic heterocycles. The summed E-state index contributed by atoms with van der Waals surface area (Å²) in [6.45, 7) is 3.23. The lowest BCUT2D eigenvalue weighted by molar-refractivity contribution is -0.187. The summed E-state index contributed by atoms with van der Waals surface area (Å²) in [4.78, 5) is 14.1. The summed E-state index contributed by atoms with van der Waals surface area (Å²) in [5.41, 5.74) is -0.523. The van der Waals surface area contributed by atoms with Crippen LogP contribution in [0.1, 0.15) is 39.0 Å². The van der Waals surface area contributed by atoms with Crippen LogP contribution < -0.4 is 5.32 Å². The Labute approximate surface area is 111 Å². The topological polar surface area (TPSA) is 32.3 Å². The molecular formula is C13H21F3N2O. The van der Waals surface area contributed by atoms with Gasteiger partial charge in [0, 0.05) is 13.1 Å². The van der Waals surface area contributed by atoms with Gasteiger partial charge in [0.05, 0.1) is 11.5 Å². The Balaban J connectivity index is 1.96. The third-order valence-electron chi connectivity index (χ3n) is 4.50. The van der Waals surface area contributed by atoms with Crippen LogP contribution in [-0.2, 0) is 4.79 Å². The van der Waals surface area contributed by atoms with Gasteiger partial charge in [0.25, 0.3) is 0 Å². The minimum Gasteiger partial charge on any atom is -0.341 e. The van der Waals surface area contributed by atoms with Crippen molar-refractivity contribution in [3.63, 3.8) is 0 Å². The Bertz CT molecular complexity index is 329. The molecule has 0 bridgehead atoms. The van der Waals surface area contributed by atoms with Gasteiger partial charge in [-0.15, -0.1) is 0 Å². The number of carbonyl (C=O) groups is 1. The molecule has 0 radical (unpaired) electrons. The molecule has 0 saturated carbocycles. The molecule has 2 heterocycles. The van der Waals surface area contributed by atoms with Crippen molar-refractivity contribution in [2.45, 2.75) is 50.7 Å². The zero-order chi connectivity index (χ0) is 14.1. The standard InChI is InChI=1S/C13H21F3N2O/c1-2-12(6-3-7-17-12)11(19)18-8-4-10(5-9-18)13(14,15)16/h10,17H,2-9H2,1H3. The Morgan fingerprint density at radius 1 is 1.37 bits per heavy atom. The predicted molar refractivity (Wildman–Crippen MR) is 65.6 cm³/mol. The highest BCUT2D eigenvalue weighted by atomic mass is 19.4. The normalized spacial score (nSPS) is 29.8. The number of alkyl halides is 3. The molecule has 6 heteroatoms. The van der Waals surface area contributed by atoms with Crippen molar-refractivity contribution in [2.75, 3.05) is 19.6 Å².